The third-order valence-electron chi connectivity index (χ3n) is 5.23. The van der Waals surface area contributed by atoms with E-state index in [1.54, 1.807) is 43.9 Å². The fourth-order valence-electron chi connectivity index (χ4n) is 3.12. The van der Waals surface area contributed by atoms with Crippen molar-refractivity contribution >= 4 is 34.7 Å². The fraction of sp³-hybridized carbons (Fsp3) is 0.269. The number of hydrogen-bond donors (Lipinski definition) is 1. The number of methoxy groups -OCH3 is 1. The topological polar surface area (TPSA) is 82.0 Å². The van der Waals surface area contributed by atoms with Crippen molar-refractivity contribution in [3.05, 3.63) is 81.2 Å². The second kappa shape index (κ2) is 12.9. The molecule has 0 bridgehead atoms. The third kappa shape index (κ3) is 7.18. The van der Waals surface area contributed by atoms with Crippen molar-refractivity contribution in [1.82, 2.24) is 10.4 Å². The summed E-state index contributed by atoms with van der Waals surface area (Å²) in [6.07, 6.45) is 5.78. The highest BCUT2D eigenvalue weighted by atomic mass is 127. The van der Waals surface area contributed by atoms with Gasteiger partial charge in [0.25, 0.3) is 5.91 Å². The van der Waals surface area contributed by atoms with Gasteiger partial charge in [-0.05, 0) is 82.5 Å². The SMILES string of the molecule is CCC(C)c1ccc(OCCOc2c(I)cc(C=NNC(=O)c3ccncc3)cc2OC)cc1. The summed E-state index contributed by atoms with van der Waals surface area (Å²) in [5, 5.41) is 4.03. The highest BCUT2D eigenvalue weighted by molar-refractivity contribution is 14.1. The molecule has 0 fully saturated rings. The number of aromatic nitrogens is 1. The molecule has 1 heterocycles. The number of nitrogens with one attached hydrogen (secondary N) is 1. The molecule has 0 saturated heterocycles. The molecule has 3 rings (SSSR count). The minimum Gasteiger partial charge on any atom is -0.493 e. The van der Waals surface area contributed by atoms with Crippen LogP contribution in [-0.4, -0.2) is 37.4 Å². The number of ether oxygens (including phenoxy) is 3. The van der Waals surface area contributed by atoms with E-state index in [9.17, 15) is 4.79 Å². The van der Waals surface area contributed by atoms with Crippen LogP contribution in [0, 0.1) is 3.57 Å². The van der Waals surface area contributed by atoms with Gasteiger partial charge in [0.15, 0.2) is 11.5 Å². The van der Waals surface area contributed by atoms with Crippen LogP contribution >= 0.6 is 22.6 Å². The minimum atomic E-state index is -0.310. The number of benzene rings is 2. The molecule has 0 aliphatic rings. The summed E-state index contributed by atoms with van der Waals surface area (Å²) < 4.78 is 18.1. The van der Waals surface area contributed by atoms with Crippen LogP contribution < -0.4 is 19.6 Å². The fourth-order valence-corrected chi connectivity index (χ4v) is 3.90. The van der Waals surface area contributed by atoms with Crippen molar-refractivity contribution in [3.63, 3.8) is 0 Å². The Bertz CT molecular complexity index is 1110. The largest absolute Gasteiger partial charge is 0.493 e. The van der Waals surface area contributed by atoms with Crippen LogP contribution in [0.1, 0.15) is 47.7 Å². The van der Waals surface area contributed by atoms with E-state index in [0.717, 1.165) is 21.3 Å². The normalized spacial score (nSPS) is 11.8. The number of carbonyl (C=O) groups is 1. The molecule has 1 N–H and O–H groups in total. The first-order valence-corrected chi connectivity index (χ1v) is 12.1. The molecular weight excluding hydrogens is 545 g/mol. The number of hydrogen-bond acceptors (Lipinski definition) is 6. The number of rotatable bonds is 11. The van der Waals surface area contributed by atoms with Gasteiger partial charge in [0.2, 0.25) is 0 Å². The van der Waals surface area contributed by atoms with Crippen LogP contribution in [0.2, 0.25) is 0 Å². The van der Waals surface area contributed by atoms with Gasteiger partial charge >= 0.3 is 0 Å². The predicted molar refractivity (Wildman–Crippen MR) is 141 cm³/mol. The van der Waals surface area contributed by atoms with Crippen molar-refractivity contribution in [2.45, 2.75) is 26.2 Å². The summed E-state index contributed by atoms with van der Waals surface area (Å²) in [6.45, 7) is 5.18. The lowest BCUT2D eigenvalue weighted by atomic mass is 9.99. The maximum atomic E-state index is 12.1. The Kier molecular flexibility index (Phi) is 9.69. The van der Waals surface area contributed by atoms with Crippen LogP contribution in [-0.2, 0) is 0 Å². The average molecular weight is 573 g/mol. The summed E-state index contributed by atoms with van der Waals surface area (Å²) in [5.74, 6) is 2.26. The number of hydrazone groups is 1. The second-order valence-corrected chi connectivity index (χ2v) is 8.71. The van der Waals surface area contributed by atoms with Crippen LogP contribution in [0.4, 0.5) is 0 Å². The highest BCUT2D eigenvalue weighted by Crippen LogP contribution is 2.33. The summed E-state index contributed by atoms with van der Waals surface area (Å²) in [6, 6.07) is 15.1. The van der Waals surface area contributed by atoms with Gasteiger partial charge in [0.1, 0.15) is 19.0 Å². The van der Waals surface area contributed by atoms with Crippen LogP contribution in [0.5, 0.6) is 17.2 Å². The Labute approximate surface area is 213 Å². The van der Waals surface area contributed by atoms with Gasteiger partial charge in [0.05, 0.1) is 16.9 Å². The number of amides is 1. The average Bonchev–Trinajstić information content (AvgIpc) is 2.87. The molecule has 0 spiro atoms. The van der Waals surface area contributed by atoms with Gasteiger partial charge < -0.3 is 14.2 Å². The monoisotopic (exact) mass is 573 g/mol. The maximum Gasteiger partial charge on any atom is 0.271 e. The van der Waals surface area contributed by atoms with Gasteiger partial charge in [-0.25, -0.2) is 5.43 Å². The quantitative estimate of drug-likeness (QED) is 0.143. The standard InChI is InChI=1S/C26H28IN3O4/c1-4-18(2)20-5-7-22(8-6-20)33-13-14-34-25-23(27)15-19(16-24(25)32-3)17-29-30-26(31)21-9-11-28-12-10-21/h5-12,15-18H,4,13-14H2,1-3H3,(H,30,31). The van der Waals surface area contributed by atoms with Crippen LogP contribution in [0.25, 0.3) is 0 Å². The zero-order chi connectivity index (χ0) is 24.3. The van der Waals surface area contributed by atoms with Crippen molar-refractivity contribution in [3.8, 4) is 17.2 Å². The van der Waals surface area contributed by atoms with E-state index in [0.29, 0.717) is 36.2 Å². The van der Waals surface area contributed by atoms with Gasteiger partial charge in [-0.2, -0.15) is 5.10 Å². The summed E-state index contributed by atoms with van der Waals surface area (Å²) in [4.78, 5) is 16.0. The zero-order valence-corrected chi connectivity index (χ0v) is 21.6. The zero-order valence-electron chi connectivity index (χ0n) is 19.5. The first-order chi connectivity index (χ1) is 16.5. The molecule has 0 radical (unpaired) electrons. The molecule has 178 valence electrons. The summed E-state index contributed by atoms with van der Waals surface area (Å²) >= 11 is 2.18. The Balaban J connectivity index is 1.54. The first-order valence-electron chi connectivity index (χ1n) is 11.0. The molecule has 0 saturated carbocycles. The van der Waals surface area contributed by atoms with Crippen LogP contribution in [0.3, 0.4) is 0 Å². The molecule has 7 nitrogen and oxygen atoms in total. The second-order valence-electron chi connectivity index (χ2n) is 7.54. The van der Waals surface area contributed by atoms with Gasteiger partial charge in [0, 0.05) is 18.0 Å². The van der Waals surface area contributed by atoms with Crippen molar-refractivity contribution < 1.29 is 19.0 Å². The predicted octanol–water partition coefficient (Wildman–Crippen LogP) is 5.43. The third-order valence-corrected chi connectivity index (χ3v) is 6.04. The number of carbonyl (C=O) groups excluding carboxylic acids is 1. The lowest BCUT2D eigenvalue weighted by Crippen LogP contribution is -2.17. The molecule has 2 aromatic carbocycles. The van der Waals surface area contributed by atoms with Crippen molar-refractivity contribution in [2.24, 2.45) is 5.10 Å². The van der Waals surface area contributed by atoms with Crippen molar-refractivity contribution in [2.75, 3.05) is 20.3 Å². The smallest absolute Gasteiger partial charge is 0.271 e. The first kappa shape index (κ1) is 25.5. The van der Waals surface area contributed by atoms with E-state index < -0.39 is 0 Å². The molecule has 0 aliphatic carbocycles. The molecule has 1 atom stereocenters. The van der Waals surface area contributed by atoms with Crippen molar-refractivity contribution in [1.29, 1.82) is 0 Å². The lowest BCUT2D eigenvalue weighted by Gasteiger charge is -2.14. The Morgan fingerprint density at radius 1 is 1.12 bits per heavy atom. The molecular formula is C26H28IN3O4. The minimum absolute atomic E-state index is 0.310. The van der Waals surface area contributed by atoms with E-state index >= 15 is 0 Å². The highest BCUT2D eigenvalue weighted by Gasteiger charge is 2.12. The summed E-state index contributed by atoms with van der Waals surface area (Å²) in [5.41, 5.74) is 5.06. The Morgan fingerprint density at radius 3 is 2.50 bits per heavy atom. The number of halogens is 1. The van der Waals surface area contributed by atoms with E-state index in [4.69, 9.17) is 14.2 Å². The molecule has 3 aromatic rings. The van der Waals surface area contributed by atoms with E-state index in [-0.39, 0.29) is 5.91 Å². The maximum absolute atomic E-state index is 12.1. The molecule has 0 aliphatic heterocycles. The number of nitrogens with zero attached hydrogens (tertiary/aromatic N) is 2. The summed E-state index contributed by atoms with van der Waals surface area (Å²) in [7, 11) is 1.58. The Morgan fingerprint density at radius 2 is 1.82 bits per heavy atom. The molecule has 34 heavy (non-hydrogen) atoms. The molecule has 1 amide bonds. The van der Waals surface area contributed by atoms with Gasteiger partial charge in [-0.15, -0.1) is 0 Å². The molecule has 8 heteroatoms. The number of pyridine rings is 1. The molecule has 1 unspecified atom stereocenters. The van der Waals surface area contributed by atoms with Gasteiger partial charge in [-0.1, -0.05) is 26.0 Å². The Hall–Kier alpha value is -3.14. The lowest BCUT2D eigenvalue weighted by molar-refractivity contribution is 0.0955. The van der Waals surface area contributed by atoms with E-state index in [2.05, 4.69) is 64.1 Å². The van der Waals surface area contributed by atoms with Gasteiger partial charge in [-0.3, -0.25) is 9.78 Å². The molecule has 1 aromatic heterocycles. The van der Waals surface area contributed by atoms with E-state index in [1.165, 1.54) is 5.56 Å². The van der Waals surface area contributed by atoms with Crippen LogP contribution in [0.15, 0.2) is 66.0 Å². The van der Waals surface area contributed by atoms with E-state index in [1.807, 2.05) is 18.2 Å².